The summed E-state index contributed by atoms with van der Waals surface area (Å²) in [5.41, 5.74) is 1.07. The van der Waals surface area contributed by atoms with Crippen LogP contribution in [0.2, 0.25) is 0 Å². The van der Waals surface area contributed by atoms with Crippen molar-refractivity contribution >= 4 is 5.78 Å². The molecule has 3 heteroatoms. The van der Waals surface area contributed by atoms with Gasteiger partial charge in [-0.25, -0.2) is 0 Å². The van der Waals surface area contributed by atoms with Crippen LogP contribution in [0.1, 0.15) is 26.0 Å². The topological polar surface area (TPSA) is 34.9 Å². The number of ketones is 1. The molecule has 1 unspecified atom stereocenters. The van der Waals surface area contributed by atoms with Crippen LogP contribution in [0.15, 0.2) is 12.3 Å². The Balaban J connectivity index is 2.44. The van der Waals surface area contributed by atoms with Crippen LogP contribution < -0.4 is 0 Å². The summed E-state index contributed by atoms with van der Waals surface area (Å²) in [4.78, 5) is 10.8. The highest BCUT2D eigenvalue weighted by Gasteiger charge is 2.07. The molecule has 0 amide bonds. The largest absolute Gasteiger partial charge is 0.300 e. The zero-order chi connectivity index (χ0) is 9.84. The molecule has 72 valence electrons. The van der Waals surface area contributed by atoms with Gasteiger partial charge < -0.3 is 4.79 Å². The number of Topliss-reactive ketones (excluding diaryl/α,β-unsaturated/α-hetero) is 1. The van der Waals surface area contributed by atoms with Gasteiger partial charge in [0.05, 0.1) is 5.69 Å². The molecule has 1 heterocycles. The first-order chi connectivity index (χ1) is 6.08. The van der Waals surface area contributed by atoms with Gasteiger partial charge in [0.15, 0.2) is 0 Å². The Morgan fingerprint density at radius 1 is 1.69 bits per heavy atom. The van der Waals surface area contributed by atoms with Gasteiger partial charge in [0.2, 0.25) is 0 Å². The molecule has 0 aliphatic heterocycles. The van der Waals surface area contributed by atoms with Crippen LogP contribution in [0.4, 0.5) is 0 Å². The van der Waals surface area contributed by atoms with E-state index >= 15 is 0 Å². The Morgan fingerprint density at radius 2 is 2.38 bits per heavy atom. The molecule has 0 radical (unpaired) electrons. The lowest BCUT2D eigenvalue weighted by atomic mass is 10.00. The lowest BCUT2D eigenvalue weighted by Gasteiger charge is -2.05. The summed E-state index contributed by atoms with van der Waals surface area (Å²) < 4.78 is 1.79. The first-order valence-electron chi connectivity index (χ1n) is 4.56. The summed E-state index contributed by atoms with van der Waals surface area (Å²) in [5.74, 6) is 0.649. The zero-order valence-electron chi connectivity index (χ0n) is 8.45. The normalized spacial score (nSPS) is 12.8. The van der Waals surface area contributed by atoms with Crippen molar-refractivity contribution in [3.63, 3.8) is 0 Å². The average Bonchev–Trinajstić information content (AvgIpc) is 2.33. The number of carbonyl (C=O) groups is 1. The SMILES string of the molecule is CC(=O)CC(C)Cc1ccn(C)n1. The summed E-state index contributed by atoms with van der Waals surface area (Å²) in [6.45, 7) is 3.71. The fourth-order valence-corrected chi connectivity index (χ4v) is 1.49. The lowest BCUT2D eigenvalue weighted by molar-refractivity contribution is -0.117. The number of carbonyl (C=O) groups excluding carboxylic acids is 1. The molecule has 0 N–H and O–H groups in total. The number of aromatic nitrogens is 2. The Hall–Kier alpha value is -1.12. The van der Waals surface area contributed by atoms with Crippen molar-refractivity contribution in [1.29, 1.82) is 0 Å². The molecule has 0 saturated carbocycles. The fraction of sp³-hybridized carbons (Fsp3) is 0.600. The standard InChI is InChI=1S/C10H16N2O/c1-8(6-9(2)13)7-10-4-5-12(3)11-10/h4-5,8H,6-7H2,1-3H3. The van der Waals surface area contributed by atoms with Crippen LogP contribution in [0.25, 0.3) is 0 Å². The third-order valence-corrected chi connectivity index (χ3v) is 1.96. The molecule has 1 aromatic rings. The predicted molar refractivity (Wildman–Crippen MR) is 51.4 cm³/mol. The van der Waals surface area contributed by atoms with Crippen LogP contribution in [-0.4, -0.2) is 15.6 Å². The van der Waals surface area contributed by atoms with Gasteiger partial charge >= 0.3 is 0 Å². The van der Waals surface area contributed by atoms with Crippen molar-refractivity contribution in [3.05, 3.63) is 18.0 Å². The number of aryl methyl sites for hydroxylation is 1. The van der Waals surface area contributed by atoms with Crippen LogP contribution >= 0.6 is 0 Å². The molecule has 0 aliphatic rings. The molecule has 13 heavy (non-hydrogen) atoms. The minimum Gasteiger partial charge on any atom is -0.300 e. The van der Waals surface area contributed by atoms with Gasteiger partial charge in [-0.15, -0.1) is 0 Å². The highest BCUT2D eigenvalue weighted by molar-refractivity contribution is 5.75. The van der Waals surface area contributed by atoms with E-state index in [1.807, 2.05) is 19.3 Å². The third-order valence-electron chi connectivity index (χ3n) is 1.96. The van der Waals surface area contributed by atoms with E-state index in [2.05, 4.69) is 12.0 Å². The minimum atomic E-state index is 0.253. The fourth-order valence-electron chi connectivity index (χ4n) is 1.49. The van der Waals surface area contributed by atoms with Crippen LogP contribution in [0.3, 0.4) is 0 Å². The molecule has 1 atom stereocenters. The molecule has 3 nitrogen and oxygen atoms in total. The van der Waals surface area contributed by atoms with E-state index in [0.717, 1.165) is 12.1 Å². The number of hydrogen-bond acceptors (Lipinski definition) is 2. The van der Waals surface area contributed by atoms with Gasteiger partial charge in [-0.05, 0) is 25.3 Å². The number of rotatable bonds is 4. The summed E-state index contributed by atoms with van der Waals surface area (Å²) >= 11 is 0. The Labute approximate surface area is 78.8 Å². The molecule has 0 aromatic carbocycles. The number of nitrogens with zero attached hydrogens (tertiary/aromatic N) is 2. The summed E-state index contributed by atoms with van der Waals surface area (Å²) in [6, 6.07) is 2.00. The highest BCUT2D eigenvalue weighted by atomic mass is 16.1. The maximum atomic E-state index is 10.8. The maximum Gasteiger partial charge on any atom is 0.130 e. The van der Waals surface area contributed by atoms with Gasteiger partial charge in [0.1, 0.15) is 5.78 Å². The van der Waals surface area contributed by atoms with Crippen molar-refractivity contribution in [3.8, 4) is 0 Å². The molecular formula is C10H16N2O. The second-order valence-corrected chi connectivity index (χ2v) is 3.70. The molecule has 0 saturated heterocycles. The number of hydrogen-bond donors (Lipinski definition) is 0. The van der Waals surface area contributed by atoms with Gasteiger partial charge in [0.25, 0.3) is 0 Å². The van der Waals surface area contributed by atoms with Gasteiger partial charge in [0, 0.05) is 19.7 Å². The molecule has 0 spiro atoms. The Kier molecular flexibility index (Phi) is 3.23. The summed E-state index contributed by atoms with van der Waals surface area (Å²) in [7, 11) is 1.90. The van der Waals surface area contributed by atoms with Crippen molar-refractivity contribution in [2.24, 2.45) is 13.0 Å². The second kappa shape index (κ2) is 4.21. The first-order valence-corrected chi connectivity index (χ1v) is 4.56. The second-order valence-electron chi connectivity index (χ2n) is 3.70. The lowest BCUT2D eigenvalue weighted by Crippen LogP contribution is -2.05. The first kappa shape index (κ1) is 9.96. The van der Waals surface area contributed by atoms with Gasteiger partial charge in [-0.2, -0.15) is 5.10 Å². The monoisotopic (exact) mass is 180 g/mol. The average molecular weight is 180 g/mol. The van der Waals surface area contributed by atoms with Gasteiger partial charge in [-0.3, -0.25) is 4.68 Å². The van der Waals surface area contributed by atoms with Crippen molar-refractivity contribution < 1.29 is 4.79 Å². The molecule has 0 fully saturated rings. The Morgan fingerprint density at radius 3 is 2.85 bits per heavy atom. The van der Waals surface area contributed by atoms with Crippen LogP contribution in [0, 0.1) is 5.92 Å². The highest BCUT2D eigenvalue weighted by Crippen LogP contribution is 2.09. The van der Waals surface area contributed by atoms with Crippen LogP contribution in [-0.2, 0) is 18.3 Å². The molecule has 0 bridgehead atoms. The summed E-state index contributed by atoms with van der Waals surface area (Å²) in [5, 5.41) is 4.26. The molecule has 1 aromatic heterocycles. The summed E-state index contributed by atoms with van der Waals surface area (Å²) in [6.07, 6.45) is 3.47. The van der Waals surface area contributed by atoms with Crippen molar-refractivity contribution in [2.45, 2.75) is 26.7 Å². The van der Waals surface area contributed by atoms with Gasteiger partial charge in [-0.1, -0.05) is 6.92 Å². The zero-order valence-corrected chi connectivity index (χ0v) is 8.45. The predicted octanol–water partition coefficient (Wildman–Crippen LogP) is 1.58. The van der Waals surface area contributed by atoms with E-state index < -0.39 is 0 Å². The molecular weight excluding hydrogens is 164 g/mol. The van der Waals surface area contributed by atoms with Crippen molar-refractivity contribution in [1.82, 2.24) is 9.78 Å². The van der Waals surface area contributed by atoms with E-state index in [4.69, 9.17) is 0 Å². The smallest absolute Gasteiger partial charge is 0.130 e. The third kappa shape index (κ3) is 3.40. The van der Waals surface area contributed by atoms with Crippen molar-refractivity contribution in [2.75, 3.05) is 0 Å². The molecule has 0 aliphatic carbocycles. The van der Waals surface area contributed by atoms with E-state index in [0.29, 0.717) is 12.3 Å². The molecule has 1 rings (SSSR count). The van der Waals surface area contributed by atoms with E-state index in [-0.39, 0.29) is 5.78 Å². The van der Waals surface area contributed by atoms with E-state index in [1.54, 1.807) is 11.6 Å². The van der Waals surface area contributed by atoms with E-state index in [1.165, 1.54) is 0 Å². The quantitative estimate of drug-likeness (QED) is 0.705. The Bertz CT molecular complexity index is 291. The van der Waals surface area contributed by atoms with E-state index in [9.17, 15) is 4.79 Å². The van der Waals surface area contributed by atoms with Crippen LogP contribution in [0.5, 0.6) is 0 Å². The minimum absolute atomic E-state index is 0.253. The maximum absolute atomic E-state index is 10.8.